The summed E-state index contributed by atoms with van der Waals surface area (Å²) in [7, 11) is 0. The lowest BCUT2D eigenvalue weighted by atomic mass is 10.1. The van der Waals surface area contributed by atoms with Gasteiger partial charge in [0, 0.05) is 28.6 Å². The van der Waals surface area contributed by atoms with E-state index in [2.05, 4.69) is 16.0 Å². The molecule has 0 aliphatic rings. The molecule has 5 nitrogen and oxygen atoms in total. The monoisotopic (exact) mass is 495 g/mol. The van der Waals surface area contributed by atoms with Gasteiger partial charge in [-0.2, -0.15) is 0 Å². The van der Waals surface area contributed by atoms with Crippen molar-refractivity contribution in [2.45, 2.75) is 32.2 Å². The Labute approximate surface area is 209 Å². The molecule has 4 aromatic rings. The van der Waals surface area contributed by atoms with Crippen LogP contribution in [0.5, 0.6) is 5.75 Å². The average Bonchev–Trinajstić information content (AvgIpc) is 3.20. The number of rotatable bonds is 11. The summed E-state index contributed by atoms with van der Waals surface area (Å²) < 4.78 is 7.67. The normalized spacial score (nSPS) is 11.0. The second kappa shape index (κ2) is 11.9. The fourth-order valence-corrected chi connectivity index (χ4v) is 4.38. The SMILES string of the molecule is O=C(COc1ccccc1)NCCCCCc1nc2ccccc2n1Cc1c(Cl)cccc1Cl. The second-order valence-corrected chi connectivity index (χ2v) is 8.88. The van der Waals surface area contributed by atoms with Gasteiger partial charge in [-0.05, 0) is 49.2 Å². The van der Waals surface area contributed by atoms with Gasteiger partial charge in [0.05, 0.1) is 17.6 Å². The zero-order chi connectivity index (χ0) is 23.8. The van der Waals surface area contributed by atoms with Gasteiger partial charge < -0.3 is 14.6 Å². The Morgan fingerprint density at radius 3 is 2.41 bits per heavy atom. The molecule has 0 aliphatic heterocycles. The molecule has 0 radical (unpaired) electrons. The quantitative estimate of drug-likeness (QED) is 0.248. The van der Waals surface area contributed by atoms with Gasteiger partial charge in [0.2, 0.25) is 0 Å². The van der Waals surface area contributed by atoms with Gasteiger partial charge >= 0.3 is 0 Å². The Morgan fingerprint density at radius 1 is 0.882 bits per heavy atom. The lowest BCUT2D eigenvalue weighted by Crippen LogP contribution is -2.29. The van der Waals surface area contributed by atoms with Gasteiger partial charge in [0.25, 0.3) is 5.91 Å². The zero-order valence-corrected chi connectivity index (χ0v) is 20.4. The van der Waals surface area contributed by atoms with Crippen molar-refractivity contribution in [3.63, 3.8) is 0 Å². The molecule has 0 aliphatic carbocycles. The molecule has 3 aromatic carbocycles. The number of hydrogen-bond donors (Lipinski definition) is 1. The van der Waals surface area contributed by atoms with E-state index < -0.39 is 0 Å². The molecule has 4 rings (SSSR count). The van der Waals surface area contributed by atoms with Crippen molar-refractivity contribution in [3.8, 4) is 5.75 Å². The molecule has 1 aromatic heterocycles. The summed E-state index contributed by atoms with van der Waals surface area (Å²) in [6.07, 6.45) is 3.68. The number of fused-ring (bicyclic) bond motifs is 1. The molecule has 0 unspecified atom stereocenters. The molecule has 1 N–H and O–H groups in total. The van der Waals surface area contributed by atoms with E-state index in [4.69, 9.17) is 32.9 Å². The zero-order valence-electron chi connectivity index (χ0n) is 18.8. The fourth-order valence-electron chi connectivity index (χ4n) is 3.86. The molecule has 34 heavy (non-hydrogen) atoms. The van der Waals surface area contributed by atoms with Crippen LogP contribution in [-0.4, -0.2) is 28.6 Å². The lowest BCUT2D eigenvalue weighted by Gasteiger charge is -2.12. The van der Waals surface area contributed by atoms with E-state index in [1.54, 1.807) is 0 Å². The maximum atomic E-state index is 12.0. The third-order valence-corrected chi connectivity index (χ3v) is 6.33. The minimum atomic E-state index is -0.109. The summed E-state index contributed by atoms with van der Waals surface area (Å²) in [5.41, 5.74) is 2.93. The molecule has 1 amide bonds. The predicted molar refractivity (Wildman–Crippen MR) is 138 cm³/mol. The largest absolute Gasteiger partial charge is 0.484 e. The van der Waals surface area contributed by atoms with E-state index in [0.29, 0.717) is 28.9 Å². The van der Waals surface area contributed by atoms with E-state index in [1.807, 2.05) is 66.7 Å². The molecular weight excluding hydrogens is 469 g/mol. The van der Waals surface area contributed by atoms with E-state index in [1.165, 1.54) is 0 Å². The number of aromatic nitrogens is 2. The van der Waals surface area contributed by atoms with E-state index in [0.717, 1.165) is 48.1 Å². The van der Waals surface area contributed by atoms with E-state index >= 15 is 0 Å². The minimum Gasteiger partial charge on any atom is -0.484 e. The van der Waals surface area contributed by atoms with Crippen LogP contribution in [-0.2, 0) is 17.8 Å². The standard InChI is InChI=1S/C27H27Cl2N3O2/c28-22-12-9-13-23(29)21(22)18-32-25-15-7-6-14-24(25)31-26(32)16-5-2-8-17-30-27(33)19-34-20-10-3-1-4-11-20/h1,3-4,6-7,9-15H,2,5,8,16-19H2,(H,30,33). The van der Waals surface area contributed by atoms with Crippen LogP contribution in [0.3, 0.4) is 0 Å². The fraction of sp³-hybridized carbons (Fsp3) is 0.259. The Hall–Kier alpha value is -3.02. The lowest BCUT2D eigenvalue weighted by molar-refractivity contribution is -0.123. The van der Waals surface area contributed by atoms with Crippen molar-refractivity contribution in [2.24, 2.45) is 0 Å². The molecular formula is C27H27Cl2N3O2. The maximum absolute atomic E-state index is 12.0. The van der Waals surface area contributed by atoms with E-state index in [9.17, 15) is 4.79 Å². The number of carbonyl (C=O) groups is 1. The number of para-hydroxylation sites is 3. The predicted octanol–water partition coefficient (Wildman–Crippen LogP) is 6.30. The molecule has 1 heterocycles. The van der Waals surface area contributed by atoms with Crippen LogP contribution in [0, 0.1) is 0 Å². The van der Waals surface area contributed by atoms with Crippen molar-refractivity contribution >= 4 is 40.1 Å². The molecule has 0 bridgehead atoms. The van der Waals surface area contributed by atoms with Crippen molar-refractivity contribution in [1.82, 2.24) is 14.9 Å². The van der Waals surface area contributed by atoms with Crippen LogP contribution in [0.4, 0.5) is 0 Å². The summed E-state index contributed by atoms with van der Waals surface area (Å²) in [5, 5.41) is 4.23. The van der Waals surface area contributed by atoms with Gasteiger partial charge in [-0.3, -0.25) is 4.79 Å². The third kappa shape index (κ3) is 6.31. The minimum absolute atomic E-state index is 0.0264. The maximum Gasteiger partial charge on any atom is 0.257 e. The highest BCUT2D eigenvalue weighted by Gasteiger charge is 2.14. The van der Waals surface area contributed by atoms with Gasteiger partial charge in [-0.25, -0.2) is 4.98 Å². The van der Waals surface area contributed by atoms with Crippen LogP contribution in [0.1, 0.15) is 30.7 Å². The summed E-state index contributed by atoms with van der Waals surface area (Å²) in [5.74, 6) is 1.60. The molecule has 0 fully saturated rings. The first-order valence-corrected chi connectivity index (χ1v) is 12.2. The summed E-state index contributed by atoms with van der Waals surface area (Å²) >= 11 is 12.9. The Kier molecular flexibility index (Phi) is 8.45. The third-order valence-electron chi connectivity index (χ3n) is 5.62. The molecule has 176 valence electrons. The van der Waals surface area contributed by atoms with Crippen molar-refractivity contribution < 1.29 is 9.53 Å². The number of nitrogens with zero attached hydrogens (tertiary/aromatic N) is 2. The van der Waals surface area contributed by atoms with Gasteiger partial charge in [0.1, 0.15) is 11.6 Å². The number of ether oxygens (including phenoxy) is 1. The number of hydrogen-bond acceptors (Lipinski definition) is 3. The van der Waals surface area contributed by atoms with Gasteiger partial charge in [-0.1, -0.05) is 66.0 Å². The Bertz CT molecular complexity index is 1220. The van der Waals surface area contributed by atoms with Crippen LogP contribution < -0.4 is 10.1 Å². The molecule has 0 spiro atoms. The molecule has 0 atom stereocenters. The first-order chi connectivity index (χ1) is 16.6. The number of amides is 1. The number of carbonyl (C=O) groups excluding carboxylic acids is 1. The van der Waals surface area contributed by atoms with Crippen molar-refractivity contribution in [2.75, 3.05) is 13.2 Å². The number of benzene rings is 3. The second-order valence-electron chi connectivity index (χ2n) is 8.07. The molecule has 0 saturated heterocycles. The first kappa shape index (κ1) is 24.1. The van der Waals surface area contributed by atoms with E-state index in [-0.39, 0.29) is 12.5 Å². The highest BCUT2D eigenvalue weighted by molar-refractivity contribution is 6.36. The highest BCUT2D eigenvalue weighted by Crippen LogP contribution is 2.28. The van der Waals surface area contributed by atoms with Crippen LogP contribution in [0.2, 0.25) is 10.0 Å². The average molecular weight is 496 g/mol. The van der Waals surface area contributed by atoms with Crippen LogP contribution in [0.25, 0.3) is 11.0 Å². The summed E-state index contributed by atoms with van der Waals surface area (Å²) in [4.78, 5) is 16.8. The molecule has 0 saturated carbocycles. The summed E-state index contributed by atoms with van der Waals surface area (Å²) in [6, 6.07) is 23.0. The number of imidazole rings is 1. The number of unbranched alkanes of at least 4 members (excludes halogenated alkanes) is 2. The molecule has 7 heteroatoms. The topological polar surface area (TPSA) is 56.1 Å². The van der Waals surface area contributed by atoms with Crippen LogP contribution in [0.15, 0.2) is 72.8 Å². The highest BCUT2D eigenvalue weighted by atomic mass is 35.5. The van der Waals surface area contributed by atoms with Crippen LogP contribution >= 0.6 is 23.2 Å². The number of nitrogens with one attached hydrogen (secondary N) is 1. The summed E-state index contributed by atoms with van der Waals surface area (Å²) in [6.45, 7) is 1.23. The van der Waals surface area contributed by atoms with Gasteiger partial charge in [0.15, 0.2) is 6.61 Å². The first-order valence-electron chi connectivity index (χ1n) is 11.4. The number of halogens is 2. The Balaban J connectivity index is 1.28. The Morgan fingerprint density at radius 2 is 1.62 bits per heavy atom. The number of aryl methyl sites for hydroxylation is 1. The van der Waals surface area contributed by atoms with Crippen molar-refractivity contribution in [1.29, 1.82) is 0 Å². The smallest absolute Gasteiger partial charge is 0.257 e. The van der Waals surface area contributed by atoms with Gasteiger partial charge in [-0.15, -0.1) is 0 Å². The van der Waals surface area contributed by atoms with Crippen molar-refractivity contribution in [3.05, 3.63) is 94.2 Å².